The van der Waals surface area contributed by atoms with Crippen molar-refractivity contribution in [3.05, 3.63) is 30.3 Å². The molecule has 2 N–H and O–H groups in total. The number of benzene rings is 1. The van der Waals surface area contributed by atoms with E-state index in [1.54, 1.807) is 11.8 Å². The molecule has 1 aromatic rings. The third-order valence-electron chi connectivity index (χ3n) is 3.07. The highest BCUT2D eigenvalue weighted by molar-refractivity contribution is 5.73. The van der Waals surface area contributed by atoms with E-state index < -0.39 is 12.0 Å². The van der Waals surface area contributed by atoms with Crippen molar-refractivity contribution in [3.63, 3.8) is 0 Å². The minimum atomic E-state index is -0.891. The minimum absolute atomic E-state index is 0.126. The molecule has 1 aromatic carbocycles. The summed E-state index contributed by atoms with van der Waals surface area (Å²) in [5.41, 5.74) is 0. The molecule has 0 aliphatic carbocycles. The smallest absolute Gasteiger partial charge is 0.320 e. The Labute approximate surface area is 124 Å². The zero-order valence-electron chi connectivity index (χ0n) is 12.4. The maximum atomic E-state index is 11.1. The van der Waals surface area contributed by atoms with Crippen molar-refractivity contribution in [1.82, 2.24) is 10.2 Å². The number of nitrogens with zero attached hydrogens (tertiary/aromatic N) is 1. The van der Waals surface area contributed by atoms with Gasteiger partial charge in [0.15, 0.2) is 0 Å². The molecule has 0 saturated heterocycles. The van der Waals surface area contributed by atoms with Crippen molar-refractivity contribution >= 4 is 11.9 Å². The second-order valence-electron chi connectivity index (χ2n) is 4.69. The van der Waals surface area contributed by atoms with Crippen molar-refractivity contribution in [2.75, 3.05) is 26.2 Å². The van der Waals surface area contributed by atoms with Gasteiger partial charge in [0, 0.05) is 26.6 Å². The summed E-state index contributed by atoms with van der Waals surface area (Å²) in [5.74, 6) is -0.265. The van der Waals surface area contributed by atoms with Gasteiger partial charge in [0.05, 0.1) is 0 Å². The highest BCUT2D eigenvalue weighted by Gasteiger charge is 2.20. The van der Waals surface area contributed by atoms with Crippen molar-refractivity contribution in [2.24, 2.45) is 0 Å². The molecule has 1 atom stereocenters. The van der Waals surface area contributed by atoms with E-state index in [-0.39, 0.29) is 5.91 Å². The molecule has 116 valence electrons. The summed E-state index contributed by atoms with van der Waals surface area (Å²) >= 11 is 0. The third-order valence-corrected chi connectivity index (χ3v) is 3.07. The Hall–Kier alpha value is -2.08. The quantitative estimate of drug-likeness (QED) is 0.709. The van der Waals surface area contributed by atoms with E-state index in [1.165, 1.54) is 6.92 Å². The van der Waals surface area contributed by atoms with E-state index in [4.69, 9.17) is 9.84 Å². The van der Waals surface area contributed by atoms with Gasteiger partial charge >= 0.3 is 5.97 Å². The number of ether oxygens (including phenoxy) is 1. The van der Waals surface area contributed by atoms with E-state index in [9.17, 15) is 9.59 Å². The van der Waals surface area contributed by atoms with E-state index in [0.717, 1.165) is 5.75 Å². The van der Waals surface area contributed by atoms with Crippen LogP contribution in [0.15, 0.2) is 30.3 Å². The van der Waals surface area contributed by atoms with Crippen LogP contribution in [0.1, 0.15) is 13.8 Å². The number of carboxylic acid groups (broad SMARTS) is 1. The first kappa shape index (κ1) is 17.0. The second kappa shape index (κ2) is 8.97. The molecule has 0 spiro atoms. The molecule has 1 rings (SSSR count). The summed E-state index contributed by atoms with van der Waals surface area (Å²) in [6, 6.07) is 8.73. The highest BCUT2D eigenvalue weighted by Crippen LogP contribution is 2.08. The molecule has 6 nitrogen and oxygen atoms in total. The molecule has 0 aromatic heterocycles. The molecule has 21 heavy (non-hydrogen) atoms. The first-order valence-corrected chi connectivity index (χ1v) is 6.90. The molecule has 0 saturated carbocycles. The van der Waals surface area contributed by atoms with Gasteiger partial charge in [-0.05, 0) is 19.1 Å². The molecular formula is C15H22N2O4. The Morgan fingerprint density at radius 1 is 1.29 bits per heavy atom. The summed E-state index contributed by atoms with van der Waals surface area (Å²) in [7, 11) is 0. The summed E-state index contributed by atoms with van der Waals surface area (Å²) in [6.45, 7) is 4.80. The Balaban J connectivity index is 2.44. The fourth-order valence-electron chi connectivity index (χ4n) is 1.83. The number of rotatable bonds is 9. The van der Waals surface area contributed by atoms with Crippen LogP contribution in [0.5, 0.6) is 5.75 Å². The number of hydrogen-bond acceptors (Lipinski definition) is 4. The first-order chi connectivity index (χ1) is 10.0. The largest absolute Gasteiger partial charge is 0.492 e. The van der Waals surface area contributed by atoms with Gasteiger partial charge in [0.1, 0.15) is 18.4 Å². The number of aliphatic carboxylic acids is 1. The van der Waals surface area contributed by atoms with Gasteiger partial charge in [-0.25, -0.2) is 0 Å². The lowest BCUT2D eigenvalue weighted by atomic mass is 10.3. The monoisotopic (exact) mass is 294 g/mol. The van der Waals surface area contributed by atoms with Crippen LogP contribution in [0, 0.1) is 0 Å². The zero-order chi connectivity index (χ0) is 15.7. The van der Waals surface area contributed by atoms with Crippen molar-refractivity contribution in [1.29, 1.82) is 0 Å². The number of carbonyl (C=O) groups is 2. The fraction of sp³-hybridized carbons (Fsp3) is 0.467. The summed E-state index contributed by atoms with van der Waals surface area (Å²) in [5, 5.41) is 11.8. The van der Waals surface area contributed by atoms with Crippen LogP contribution in [-0.4, -0.2) is 54.2 Å². The Morgan fingerprint density at radius 3 is 2.52 bits per heavy atom. The van der Waals surface area contributed by atoms with Gasteiger partial charge in [0.25, 0.3) is 0 Å². The molecule has 6 heteroatoms. The van der Waals surface area contributed by atoms with E-state index in [2.05, 4.69) is 5.32 Å². The van der Waals surface area contributed by atoms with Gasteiger partial charge in [-0.2, -0.15) is 0 Å². The van der Waals surface area contributed by atoms with Crippen LogP contribution in [-0.2, 0) is 9.59 Å². The van der Waals surface area contributed by atoms with Gasteiger partial charge in [0.2, 0.25) is 5.91 Å². The summed E-state index contributed by atoms with van der Waals surface area (Å²) in [6.07, 6.45) is 0. The molecule has 0 bridgehead atoms. The molecule has 0 heterocycles. The lowest BCUT2D eigenvalue weighted by molar-refractivity contribution is -0.142. The van der Waals surface area contributed by atoms with E-state index in [0.29, 0.717) is 26.2 Å². The molecule has 1 unspecified atom stereocenters. The predicted octanol–water partition coefficient (Wildman–Crippen LogP) is 0.977. The number of nitrogens with one attached hydrogen (secondary N) is 1. The minimum Gasteiger partial charge on any atom is -0.492 e. The van der Waals surface area contributed by atoms with Gasteiger partial charge in [-0.1, -0.05) is 18.2 Å². The van der Waals surface area contributed by atoms with Crippen LogP contribution in [0.25, 0.3) is 0 Å². The van der Waals surface area contributed by atoms with E-state index in [1.807, 2.05) is 30.3 Å². The fourth-order valence-corrected chi connectivity index (χ4v) is 1.83. The standard InChI is InChI=1S/C15H22N2O4/c1-12(15(19)20)17(9-8-16-13(2)18)10-11-21-14-6-4-3-5-7-14/h3-7,12H,8-11H2,1-2H3,(H,16,18)(H,19,20). The topological polar surface area (TPSA) is 78.9 Å². The molecule has 0 aliphatic rings. The molecule has 0 radical (unpaired) electrons. The second-order valence-corrected chi connectivity index (χ2v) is 4.69. The number of amides is 1. The van der Waals surface area contributed by atoms with Crippen molar-refractivity contribution in [3.8, 4) is 5.75 Å². The van der Waals surface area contributed by atoms with Crippen LogP contribution in [0.3, 0.4) is 0 Å². The van der Waals surface area contributed by atoms with Gasteiger partial charge in [-0.3, -0.25) is 14.5 Å². The van der Waals surface area contributed by atoms with Crippen molar-refractivity contribution in [2.45, 2.75) is 19.9 Å². The Bertz CT molecular complexity index is 450. The molecular weight excluding hydrogens is 272 g/mol. The lowest BCUT2D eigenvalue weighted by Crippen LogP contribution is -2.45. The summed E-state index contributed by atoms with van der Waals surface area (Å²) < 4.78 is 5.57. The first-order valence-electron chi connectivity index (χ1n) is 6.90. The maximum absolute atomic E-state index is 11.1. The van der Waals surface area contributed by atoms with Gasteiger partial charge < -0.3 is 15.2 Å². The number of carbonyl (C=O) groups excluding carboxylic acids is 1. The summed E-state index contributed by atoms with van der Waals surface area (Å²) in [4.78, 5) is 23.7. The van der Waals surface area contributed by atoms with Crippen LogP contribution in [0.2, 0.25) is 0 Å². The average molecular weight is 294 g/mol. The number of hydrogen-bond donors (Lipinski definition) is 2. The van der Waals surface area contributed by atoms with E-state index >= 15 is 0 Å². The number of carboxylic acids is 1. The van der Waals surface area contributed by atoms with Crippen molar-refractivity contribution < 1.29 is 19.4 Å². The normalized spacial score (nSPS) is 12.0. The molecule has 1 amide bonds. The Kier molecular flexibility index (Phi) is 7.25. The van der Waals surface area contributed by atoms with Crippen LogP contribution < -0.4 is 10.1 Å². The molecule has 0 fully saturated rings. The van der Waals surface area contributed by atoms with Crippen LogP contribution in [0.4, 0.5) is 0 Å². The number of para-hydroxylation sites is 1. The average Bonchev–Trinajstić information content (AvgIpc) is 2.45. The molecule has 0 aliphatic heterocycles. The SMILES string of the molecule is CC(=O)NCCN(CCOc1ccccc1)C(C)C(=O)O. The third kappa shape index (κ3) is 6.76. The predicted molar refractivity (Wildman–Crippen MR) is 79.3 cm³/mol. The highest BCUT2D eigenvalue weighted by atomic mass is 16.5. The van der Waals surface area contributed by atoms with Crippen LogP contribution >= 0.6 is 0 Å². The maximum Gasteiger partial charge on any atom is 0.320 e. The Morgan fingerprint density at radius 2 is 1.95 bits per heavy atom. The van der Waals surface area contributed by atoms with Gasteiger partial charge in [-0.15, -0.1) is 0 Å². The zero-order valence-corrected chi connectivity index (χ0v) is 12.4. The lowest BCUT2D eigenvalue weighted by Gasteiger charge is -2.26.